The van der Waals surface area contributed by atoms with Crippen molar-refractivity contribution in [3.8, 4) is 6.07 Å². The minimum absolute atomic E-state index is 0.486. The normalized spacial score (nSPS) is 24.4. The van der Waals surface area contributed by atoms with Gasteiger partial charge in [-0.1, -0.05) is 6.92 Å². The predicted octanol–water partition coefficient (Wildman–Crippen LogP) is 2.77. The van der Waals surface area contributed by atoms with Gasteiger partial charge in [0, 0.05) is 12.6 Å². The first-order chi connectivity index (χ1) is 8.13. The number of nitriles is 1. The lowest BCUT2D eigenvalue weighted by atomic mass is 9.91. The zero-order chi connectivity index (χ0) is 12.4. The van der Waals surface area contributed by atoms with Gasteiger partial charge in [-0.25, -0.2) is 0 Å². The van der Waals surface area contributed by atoms with Gasteiger partial charge in [0.2, 0.25) is 0 Å². The van der Waals surface area contributed by atoms with E-state index >= 15 is 0 Å². The maximum absolute atomic E-state index is 8.96. The Hall–Kier alpha value is -1.69. The third-order valence-corrected chi connectivity index (χ3v) is 3.84. The van der Waals surface area contributed by atoms with Crippen LogP contribution in [-0.2, 0) is 0 Å². The molecule has 0 bridgehead atoms. The highest BCUT2D eigenvalue weighted by Gasteiger charge is 2.26. The lowest BCUT2D eigenvalue weighted by Crippen LogP contribution is -2.42. The topological polar surface area (TPSA) is 53.0 Å². The van der Waals surface area contributed by atoms with E-state index in [0.717, 1.165) is 17.9 Å². The fourth-order valence-corrected chi connectivity index (χ4v) is 2.54. The van der Waals surface area contributed by atoms with Gasteiger partial charge in [0.1, 0.15) is 0 Å². The van der Waals surface area contributed by atoms with Crippen molar-refractivity contribution < 1.29 is 0 Å². The van der Waals surface area contributed by atoms with Gasteiger partial charge >= 0.3 is 0 Å². The Labute approximate surface area is 103 Å². The molecule has 2 N–H and O–H groups in total. The number of piperidine rings is 1. The summed E-state index contributed by atoms with van der Waals surface area (Å²) in [5, 5.41) is 8.96. The molecule has 1 heterocycles. The van der Waals surface area contributed by atoms with E-state index in [9.17, 15) is 0 Å². The number of nitrogens with two attached hydrogens (primary N) is 1. The highest BCUT2D eigenvalue weighted by molar-refractivity contribution is 5.70. The number of nitrogens with zero attached hydrogens (tertiary/aromatic N) is 2. The average Bonchev–Trinajstić information content (AvgIpc) is 2.34. The highest BCUT2D eigenvalue weighted by atomic mass is 15.2. The summed E-state index contributed by atoms with van der Waals surface area (Å²) >= 11 is 0. The van der Waals surface area contributed by atoms with Crippen molar-refractivity contribution >= 4 is 11.4 Å². The number of rotatable bonds is 1. The van der Waals surface area contributed by atoms with Crippen LogP contribution in [0.2, 0.25) is 0 Å². The quantitative estimate of drug-likeness (QED) is 0.753. The van der Waals surface area contributed by atoms with E-state index in [1.54, 1.807) is 6.07 Å². The molecule has 90 valence electrons. The summed E-state index contributed by atoms with van der Waals surface area (Å²) in [6, 6.07) is 8.18. The maximum Gasteiger partial charge on any atom is 0.0992 e. The fraction of sp³-hybridized carbons (Fsp3) is 0.500. The van der Waals surface area contributed by atoms with Crippen LogP contribution in [-0.4, -0.2) is 12.6 Å². The minimum atomic E-state index is 0.486. The van der Waals surface area contributed by atoms with Crippen LogP contribution in [0, 0.1) is 17.2 Å². The molecule has 0 amide bonds. The van der Waals surface area contributed by atoms with Gasteiger partial charge < -0.3 is 10.6 Å². The molecule has 3 nitrogen and oxygen atoms in total. The maximum atomic E-state index is 8.96. The lowest BCUT2D eigenvalue weighted by molar-refractivity contribution is 0.364. The van der Waals surface area contributed by atoms with Crippen LogP contribution < -0.4 is 10.6 Å². The van der Waals surface area contributed by atoms with Crippen LogP contribution in [0.25, 0.3) is 0 Å². The molecule has 0 saturated carbocycles. The van der Waals surface area contributed by atoms with E-state index in [0.29, 0.717) is 17.5 Å². The van der Waals surface area contributed by atoms with E-state index in [1.165, 1.54) is 12.8 Å². The molecule has 1 aromatic carbocycles. The third kappa shape index (κ3) is 2.21. The first kappa shape index (κ1) is 11.8. The number of benzene rings is 1. The molecule has 1 aliphatic heterocycles. The predicted molar refractivity (Wildman–Crippen MR) is 70.8 cm³/mol. The summed E-state index contributed by atoms with van der Waals surface area (Å²) in [6.45, 7) is 5.55. The van der Waals surface area contributed by atoms with E-state index in [4.69, 9.17) is 11.0 Å². The SMILES string of the molecule is CC1CCCN(c2cc(C#N)ccc2N)C1C. The first-order valence-corrected chi connectivity index (χ1v) is 6.19. The van der Waals surface area contributed by atoms with Crippen molar-refractivity contribution in [2.75, 3.05) is 17.2 Å². The molecule has 17 heavy (non-hydrogen) atoms. The number of anilines is 2. The molecule has 1 saturated heterocycles. The zero-order valence-electron chi connectivity index (χ0n) is 10.5. The highest BCUT2D eigenvalue weighted by Crippen LogP contribution is 2.32. The summed E-state index contributed by atoms with van der Waals surface area (Å²) in [6.07, 6.45) is 2.47. The van der Waals surface area contributed by atoms with Crippen LogP contribution >= 0.6 is 0 Å². The van der Waals surface area contributed by atoms with Gasteiger partial charge in [-0.15, -0.1) is 0 Å². The number of nitrogen functional groups attached to an aromatic ring is 1. The smallest absolute Gasteiger partial charge is 0.0992 e. The third-order valence-electron chi connectivity index (χ3n) is 3.84. The van der Waals surface area contributed by atoms with Gasteiger partial charge in [-0.3, -0.25) is 0 Å². The largest absolute Gasteiger partial charge is 0.397 e. The fourth-order valence-electron chi connectivity index (χ4n) is 2.54. The van der Waals surface area contributed by atoms with Gasteiger partial charge in [0.25, 0.3) is 0 Å². The molecule has 2 rings (SSSR count). The molecule has 3 heteroatoms. The standard InChI is InChI=1S/C14H19N3/c1-10-4-3-7-17(11(10)2)14-8-12(9-15)5-6-13(14)16/h5-6,8,10-11H,3-4,7,16H2,1-2H3. The average molecular weight is 229 g/mol. The summed E-state index contributed by atoms with van der Waals surface area (Å²) in [5.41, 5.74) is 8.50. The molecule has 2 atom stereocenters. The van der Waals surface area contributed by atoms with Crippen LogP contribution in [0.3, 0.4) is 0 Å². The van der Waals surface area contributed by atoms with E-state index < -0.39 is 0 Å². The molecule has 1 aliphatic rings. The Morgan fingerprint density at radius 1 is 1.41 bits per heavy atom. The summed E-state index contributed by atoms with van der Waals surface area (Å²) < 4.78 is 0. The molecule has 0 spiro atoms. The summed E-state index contributed by atoms with van der Waals surface area (Å²) in [4.78, 5) is 2.34. The molecule has 1 aromatic rings. The monoisotopic (exact) mass is 229 g/mol. The van der Waals surface area contributed by atoms with Crippen molar-refractivity contribution in [3.05, 3.63) is 23.8 Å². The minimum Gasteiger partial charge on any atom is -0.397 e. The molecule has 0 radical (unpaired) electrons. The van der Waals surface area contributed by atoms with E-state index in [1.807, 2.05) is 12.1 Å². The van der Waals surface area contributed by atoms with E-state index in [2.05, 4.69) is 24.8 Å². The Bertz CT molecular complexity index is 447. The molecule has 1 fully saturated rings. The Kier molecular flexibility index (Phi) is 3.23. The van der Waals surface area contributed by atoms with E-state index in [-0.39, 0.29) is 0 Å². The molecule has 0 aliphatic carbocycles. The zero-order valence-corrected chi connectivity index (χ0v) is 10.5. The van der Waals surface area contributed by atoms with Crippen molar-refractivity contribution in [2.45, 2.75) is 32.7 Å². The second kappa shape index (κ2) is 4.67. The van der Waals surface area contributed by atoms with Crippen molar-refractivity contribution in [2.24, 2.45) is 5.92 Å². The second-order valence-corrected chi connectivity index (χ2v) is 4.94. The van der Waals surface area contributed by atoms with Crippen LogP contribution in [0.15, 0.2) is 18.2 Å². The first-order valence-electron chi connectivity index (χ1n) is 6.19. The Morgan fingerprint density at radius 3 is 2.88 bits per heavy atom. The molecule has 0 aromatic heterocycles. The van der Waals surface area contributed by atoms with Gasteiger partial charge in [-0.05, 0) is 43.9 Å². The number of hydrogen-bond acceptors (Lipinski definition) is 3. The number of hydrogen-bond donors (Lipinski definition) is 1. The summed E-state index contributed by atoms with van der Waals surface area (Å²) in [5.74, 6) is 0.675. The Morgan fingerprint density at radius 2 is 2.18 bits per heavy atom. The van der Waals surface area contributed by atoms with Crippen LogP contribution in [0.4, 0.5) is 11.4 Å². The van der Waals surface area contributed by atoms with Gasteiger partial charge in [-0.2, -0.15) is 5.26 Å². The van der Waals surface area contributed by atoms with Crippen LogP contribution in [0.5, 0.6) is 0 Å². The molecular weight excluding hydrogens is 210 g/mol. The van der Waals surface area contributed by atoms with Gasteiger partial charge in [0.05, 0.1) is 23.0 Å². The molecule has 2 unspecified atom stereocenters. The second-order valence-electron chi connectivity index (χ2n) is 4.94. The lowest BCUT2D eigenvalue weighted by Gasteiger charge is -2.40. The van der Waals surface area contributed by atoms with Crippen molar-refractivity contribution in [1.82, 2.24) is 0 Å². The van der Waals surface area contributed by atoms with Crippen molar-refractivity contribution in [3.63, 3.8) is 0 Å². The summed E-state index contributed by atoms with van der Waals surface area (Å²) in [7, 11) is 0. The Balaban J connectivity index is 2.35. The van der Waals surface area contributed by atoms with Crippen LogP contribution in [0.1, 0.15) is 32.3 Å². The van der Waals surface area contributed by atoms with Gasteiger partial charge in [0.15, 0.2) is 0 Å². The molecular formula is C14H19N3. The van der Waals surface area contributed by atoms with Crippen molar-refractivity contribution in [1.29, 1.82) is 5.26 Å².